The van der Waals surface area contributed by atoms with Gasteiger partial charge in [-0.2, -0.15) is 5.26 Å². The second-order valence-electron chi connectivity index (χ2n) is 2.31. The molecule has 0 spiro atoms. The third-order valence-corrected chi connectivity index (χ3v) is 1.37. The molecule has 0 unspecified atom stereocenters. The minimum Gasteiger partial charge on any atom is -0.358 e. The summed E-state index contributed by atoms with van der Waals surface area (Å²) in [5, 5.41) is 18.6. The van der Waals surface area contributed by atoms with Crippen LogP contribution in [0.25, 0.3) is 0 Å². The lowest BCUT2D eigenvalue weighted by Gasteiger charge is -1.96. The van der Waals surface area contributed by atoms with Crippen LogP contribution >= 0.6 is 0 Å². The summed E-state index contributed by atoms with van der Waals surface area (Å²) >= 11 is 0. The van der Waals surface area contributed by atoms with Gasteiger partial charge in [0, 0.05) is 6.07 Å². The van der Waals surface area contributed by atoms with Gasteiger partial charge >= 0.3 is 12.2 Å². The minimum absolute atomic E-state index is 0.206. The first-order valence-corrected chi connectivity index (χ1v) is 3.39. The van der Waals surface area contributed by atoms with Crippen LogP contribution in [0.15, 0.2) is 12.1 Å². The lowest BCUT2D eigenvalue weighted by molar-refractivity contribution is -0.389. The molecule has 0 amide bonds. The summed E-state index contributed by atoms with van der Waals surface area (Å²) in [5.41, 5.74) is -0.974. The third kappa shape index (κ3) is 1.98. The van der Waals surface area contributed by atoms with Gasteiger partial charge in [0.15, 0.2) is 0 Å². The fourth-order valence-corrected chi connectivity index (χ4v) is 0.807. The summed E-state index contributed by atoms with van der Waals surface area (Å²) in [6, 6.07) is 3.20. The number of nitrogens with zero attached hydrogens (tertiary/aromatic N) is 3. The number of hydrogen-bond acceptors (Lipinski definition) is 4. The zero-order valence-corrected chi connectivity index (χ0v) is 6.65. The van der Waals surface area contributed by atoms with Gasteiger partial charge in [0.05, 0.1) is 17.7 Å². The molecule has 1 aromatic heterocycles. The Morgan fingerprint density at radius 3 is 2.64 bits per heavy atom. The number of pyridine rings is 1. The van der Waals surface area contributed by atoms with Crippen molar-refractivity contribution in [2.75, 3.05) is 0 Å². The number of nitriles is 1. The number of aromatic nitrogens is 1. The maximum Gasteiger partial charge on any atom is 0.365 e. The number of hydrogen-bond donors (Lipinski definition) is 0. The fourth-order valence-electron chi connectivity index (χ4n) is 0.807. The Kier molecular flexibility index (Phi) is 2.67. The van der Waals surface area contributed by atoms with Gasteiger partial charge in [-0.25, -0.2) is 8.78 Å². The van der Waals surface area contributed by atoms with Crippen LogP contribution in [0, 0.1) is 21.4 Å². The van der Waals surface area contributed by atoms with E-state index in [2.05, 4.69) is 4.98 Å². The molecule has 0 N–H and O–H groups in total. The SMILES string of the molecule is N#Cc1cc(C(F)F)nc([N+](=O)[O-])c1. The minimum atomic E-state index is -2.93. The quantitative estimate of drug-likeness (QED) is 0.537. The first-order chi connectivity index (χ1) is 6.54. The Morgan fingerprint density at radius 2 is 2.21 bits per heavy atom. The van der Waals surface area contributed by atoms with Gasteiger partial charge in [-0.05, 0) is 9.91 Å². The molecule has 0 bridgehead atoms. The van der Waals surface area contributed by atoms with Gasteiger partial charge in [-0.15, -0.1) is 0 Å². The van der Waals surface area contributed by atoms with Crippen molar-refractivity contribution in [3.05, 3.63) is 33.5 Å². The van der Waals surface area contributed by atoms with Crippen LogP contribution in [0.2, 0.25) is 0 Å². The smallest absolute Gasteiger partial charge is 0.358 e. The summed E-state index contributed by atoms with van der Waals surface area (Å²) in [6.45, 7) is 0. The van der Waals surface area contributed by atoms with Gasteiger partial charge in [-0.3, -0.25) is 0 Å². The average Bonchev–Trinajstić information content (AvgIpc) is 2.16. The molecule has 0 saturated heterocycles. The van der Waals surface area contributed by atoms with Crippen molar-refractivity contribution < 1.29 is 13.7 Å². The van der Waals surface area contributed by atoms with E-state index in [1.54, 1.807) is 0 Å². The molecule has 0 aliphatic carbocycles. The summed E-state index contributed by atoms with van der Waals surface area (Å²) in [7, 11) is 0. The van der Waals surface area contributed by atoms with Crippen molar-refractivity contribution >= 4 is 5.82 Å². The lowest BCUT2D eigenvalue weighted by Crippen LogP contribution is -1.98. The van der Waals surface area contributed by atoms with Gasteiger partial charge in [0.25, 0.3) is 0 Å². The monoisotopic (exact) mass is 199 g/mol. The van der Waals surface area contributed by atoms with Gasteiger partial charge in [0.2, 0.25) is 5.69 Å². The van der Waals surface area contributed by atoms with E-state index in [9.17, 15) is 18.9 Å². The van der Waals surface area contributed by atoms with E-state index in [-0.39, 0.29) is 5.56 Å². The van der Waals surface area contributed by atoms with Crippen molar-refractivity contribution in [3.63, 3.8) is 0 Å². The molecule has 1 heterocycles. The topological polar surface area (TPSA) is 79.8 Å². The molecule has 0 saturated carbocycles. The average molecular weight is 199 g/mol. The molecule has 1 rings (SSSR count). The molecule has 0 aliphatic heterocycles. The van der Waals surface area contributed by atoms with Crippen LogP contribution in [0.5, 0.6) is 0 Å². The second-order valence-corrected chi connectivity index (χ2v) is 2.31. The maximum atomic E-state index is 12.1. The van der Waals surface area contributed by atoms with Crippen molar-refractivity contribution in [1.29, 1.82) is 5.26 Å². The van der Waals surface area contributed by atoms with Crippen LogP contribution in [0.4, 0.5) is 14.6 Å². The summed E-state index contributed by atoms with van der Waals surface area (Å²) < 4.78 is 24.3. The first-order valence-electron chi connectivity index (χ1n) is 3.39. The van der Waals surface area contributed by atoms with E-state index >= 15 is 0 Å². The van der Waals surface area contributed by atoms with E-state index in [1.807, 2.05) is 0 Å². The van der Waals surface area contributed by atoms with E-state index in [4.69, 9.17) is 5.26 Å². The molecule has 1 aromatic rings. The molecule has 0 aromatic carbocycles. The van der Waals surface area contributed by atoms with Gasteiger partial charge in [-0.1, -0.05) is 0 Å². The van der Waals surface area contributed by atoms with E-state index in [0.717, 1.165) is 12.1 Å². The predicted molar refractivity (Wildman–Crippen MR) is 40.6 cm³/mol. The molecule has 7 heteroatoms. The number of nitro groups is 1. The highest BCUT2D eigenvalue weighted by Gasteiger charge is 2.20. The Balaban J connectivity index is 3.29. The van der Waals surface area contributed by atoms with Crippen LogP contribution < -0.4 is 0 Å². The first kappa shape index (κ1) is 9.98. The molecule has 0 atom stereocenters. The lowest BCUT2D eigenvalue weighted by atomic mass is 10.2. The van der Waals surface area contributed by atoms with Crippen molar-refractivity contribution in [3.8, 4) is 6.07 Å². The normalized spacial score (nSPS) is 9.86. The van der Waals surface area contributed by atoms with Crippen LogP contribution in [0.3, 0.4) is 0 Å². The number of alkyl halides is 2. The van der Waals surface area contributed by atoms with E-state index in [1.165, 1.54) is 6.07 Å². The van der Waals surface area contributed by atoms with Crippen LogP contribution in [-0.2, 0) is 0 Å². The molecule has 0 aliphatic rings. The van der Waals surface area contributed by atoms with E-state index in [0.29, 0.717) is 0 Å². The van der Waals surface area contributed by atoms with Crippen molar-refractivity contribution in [2.45, 2.75) is 6.43 Å². The molecule has 72 valence electrons. The Morgan fingerprint density at radius 1 is 1.57 bits per heavy atom. The highest BCUT2D eigenvalue weighted by atomic mass is 19.3. The van der Waals surface area contributed by atoms with Crippen LogP contribution in [-0.4, -0.2) is 9.91 Å². The maximum absolute atomic E-state index is 12.1. The summed E-state index contributed by atoms with van der Waals surface area (Å²) in [4.78, 5) is 12.4. The van der Waals surface area contributed by atoms with Crippen molar-refractivity contribution in [1.82, 2.24) is 4.98 Å². The van der Waals surface area contributed by atoms with Gasteiger partial charge < -0.3 is 10.1 Å². The Hall–Kier alpha value is -2.10. The van der Waals surface area contributed by atoms with Crippen molar-refractivity contribution in [2.24, 2.45) is 0 Å². The molecule has 0 fully saturated rings. The standard InChI is InChI=1S/C7H3F2N3O2/c8-7(9)5-1-4(3-10)2-6(11-5)12(13)14/h1-2,7H. The Labute approximate surface area is 76.8 Å². The molecule has 5 nitrogen and oxygen atoms in total. The molecular weight excluding hydrogens is 196 g/mol. The zero-order valence-electron chi connectivity index (χ0n) is 6.65. The summed E-state index contributed by atoms with van der Waals surface area (Å²) in [5.74, 6) is -0.751. The largest absolute Gasteiger partial charge is 0.365 e. The Bertz CT molecular complexity index is 414. The zero-order chi connectivity index (χ0) is 10.7. The molecule has 14 heavy (non-hydrogen) atoms. The second kappa shape index (κ2) is 3.74. The fraction of sp³-hybridized carbons (Fsp3) is 0.143. The van der Waals surface area contributed by atoms with Gasteiger partial charge in [0.1, 0.15) is 0 Å². The highest BCUT2D eigenvalue weighted by Crippen LogP contribution is 2.20. The van der Waals surface area contributed by atoms with E-state index < -0.39 is 22.9 Å². The third-order valence-electron chi connectivity index (χ3n) is 1.37. The number of halogens is 2. The number of rotatable bonds is 2. The molecule has 0 radical (unpaired) electrons. The highest BCUT2D eigenvalue weighted by molar-refractivity contribution is 5.37. The summed E-state index contributed by atoms with van der Waals surface area (Å²) in [6.07, 6.45) is -2.93. The molecular formula is C7H3F2N3O2. The van der Waals surface area contributed by atoms with Crippen LogP contribution in [0.1, 0.15) is 17.7 Å². The predicted octanol–water partition coefficient (Wildman–Crippen LogP) is 1.80.